The minimum absolute atomic E-state index is 0.315. The van der Waals surface area contributed by atoms with Gasteiger partial charge in [0.1, 0.15) is 0 Å². The highest BCUT2D eigenvalue weighted by Crippen LogP contribution is 2.20. The Morgan fingerprint density at radius 3 is 1.92 bits per heavy atom. The van der Waals surface area contributed by atoms with Gasteiger partial charge in [0.2, 0.25) is 0 Å². The molecule has 0 amide bonds. The lowest BCUT2D eigenvalue weighted by molar-refractivity contribution is -0.182. The molecule has 0 spiro atoms. The molecule has 0 bridgehead atoms. The third kappa shape index (κ3) is 4.88. The van der Waals surface area contributed by atoms with Gasteiger partial charge in [0.25, 0.3) is 0 Å². The molecule has 0 saturated heterocycles. The van der Waals surface area contributed by atoms with Gasteiger partial charge >= 0.3 is 5.97 Å². The first-order valence-electron chi connectivity index (χ1n) is 4.56. The molecule has 0 unspecified atom stereocenters. The molecule has 0 aliphatic rings. The van der Waals surface area contributed by atoms with Gasteiger partial charge in [0, 0.05) is 0 Å². The van der Waals surface area contributed by atoms with E-state index in [1.54, 1.807) is 20.8 Å². The maximum Gasteiger partial charge on any atom is 0.337 e. The van der Waals surface area contributed by atoms with Crippen LogP contribution in [0.2, 0.25) is 0 Å². The van der Waals surface area contributed by atoms with Crippen LogP contribution in [0.4, 0.5) is 0 Å². The van der Waals surface area contributed by atoms with E-state index in [-0.39, 0.29) is 11.6 Å². The smallest absolute Gasteiger partial charge is 0.337 e. The first-order chi connectivity index (χ1) is 5.69. The molecule has 0 aromatic heterocycles. The zero-order valence-electron chi connectivity index (χ0n) is 9.43. The average Bonchev–Trinajstić information content (AvgIpc) is 1.82. The Bertz CT molecular complexity index is 177. The maximum absolute atomic E-state index is 11.4. The van der Waals surface area contributed by atoms with Crippen molar-refractivity contribution in [3.8, 4) is 0 Å². The molecule has 3 nitrogen and oxygen atoms in total. The van der Waals surface area contributed by atoms with Crippen LogP contribution >= 0.6 is 0 Å². The summed E-state index contributed by atoms with van der Waals surface area (Å²) in [6, 6.07) is 0. The molecular formula is C10H20O3. The van der Waals surface area contributed by atoms with Crippen molar-refractivity contribution in [2.75, 3.05) is 6.61 Å². The third-order valence-corrected chi connectivity index (χ3v) is 1.33. The van der Waals surface area contributed by atoms with E-state index in [2.05, 4.69) is 0 Å². The second kappa shape index (κ2) is 4.09. The van der Waals surface area contributed by atoms with Crippen LogP contribution in [-0.4, -0.2) is 23.8 Å². The molecule has 0 rings (SSSR count). The van der Waals surface area contributed by atoms with Crippen molar-refractivity contribution >= 4 is 5.97 Å². The van der Waals surface area contributed by atoms with Gasteiger partial charge < -0.3 is 9.47 Å². The van der Waals surface area contributed by atoms with E-state index in [9.17, 15) is 4.79 Å². The molecule has 13 heavy (non-hydrogen) atoms. The topological polar surface area (TPSA) is 35.5 Å². The predicted octanol–water partition coefficient (Wildman–Crippen LogP) is 2.14. The van der Waals surface area contributed by atoms with E-state index < -0.39 is 5.60 Å². The number of hydrogen-bond acceptors (Lipinski definition) is 3. The minimum Gasteiger partial charge on any atom is -0.464 e. The Labute approximate surface area is 80.4 Å². The number of ether oxygens (including phenoxy) is 2. The van der Waals surface area contributed by atoms with Crippen LogP contribution in [0.1, 0.15) is 41.5 Å². The number of carbonyl (C=O) groups excluding carboxylic acids is 1. The van der Waals surface area contributed by atoms with E-state index in [4.69, 9.17) is 9.47 Å². The largest absolute Gasteiger partial charge is 0.464 e. The molecule has 0 saturated carbocycles. The van der Waals surface area contributed by atoms with Crippen LogP contribution in [0.15, 0.2) is 0 Å². The maximum atomic E-state index is 11.4. The molecule has 78 valence electrons. The highest BCUT2D eigenvalue weighted by molar-refractivity contribution is 5.78. The fourth-order valence-corrected chi connectivity index (χ4v) is 1.11. The van der Waals surface area contributed by atoms with Crippen molar-refractivity contribution in [2.45, 2.75) is 52.7 Å². The summed E-state index contributed by atoms with van der Waals surface area (Å²) in [5.74, 6) is -0.315. The monoisotopic (exact) mass is 188 g/mol. The van der Waals surface area contributed by atoms with Gasteiger partial charge in [-0.3, -0.25) is 0 Å². The van der Waals surface area contributed by atoms with Gasteiger partial charge in [-0.05, 0) is 41.5 Å². The van der Waals surface area contributed by atoms with E-state index in [1.807, 2.05) is 20.8 Å². The molecule has 0 N–H and O–H groups in total. The SMILES string of the molecule is CCOC(=O)C(C)(C)OC(C)(C)C. The Morgan fingerprint density at radius 2 is 1.62 bits per heavy atom. The number of hydrogen-bond donors (Lipinski definition) is 0. The van der Waals surface area contributed by atoms with Gasteiger partial charge in [-0.2, -0.15) is 0 Å². The summed E-state index contributed by atoms with van der Waals surface area (Å²) in [6.45, 7) is 11.3. The van der Waals surface area contributed by atoms with Crippen LogP contribution < -0.4 is 0 Å². The zero-order chi connectivity index (χ0) is 10.7. The van der Waals surface area contributed by atoms with Gasteiger partial charge in [0.05, 0.1) is 12.2 Å². The molecule has 0 aromatic carbocycles. The first-order valence-corrected chi connectivity index (χ1v) is 4.56. The Morgan fingerprint density at radius 1 is 1.15 bits per heavy atom. The van der Waals surface area contributed by atoms with Crippen molar-refractivity contribution in [1.29, 1.82) is 0 Å². The average molecular weight is 188 g/mol. The lowest BCUT2D eigenvalue weighted by Gasteiger charge is -2.31. The summed E-state index contributed by atoms with van der Waals surface area (Å²) >= 11 is 0. The molecule has 0 radical (unpaired) electrons. The molecule has 0 fully saturated rings. The second-order valence-electron chi connectivity index (χ2n) is 4.45. The normalized spacial score (nSPS) is 12.8. The van der Waals surface area contributed by atoms with Crippen molar-refractivity contribution < 1.29 is 14.3 Å². The van der Waals surface area contributed by atoms with Gasteiger partial charge in [-0.25, -0.2) is 4.79 Å². The number of carbonyl (C=O) groups is 1. The molecule has 0 heterocycles. The van der Waals surface area contributed by atoms with Crippen molar-refractivity contribution in [1.82, 2.24) is 0 Å². The van der Waals surface area contributed by atoms with E-state index in [0.29, 0.717) is 6.61 Å². The van der Waals surface area contributed by atoms with Crippen LogP contribution in [0.5, 0.6) is 0 Å². The fraction of sp³-hybridized carbons (Fsp3) is 0.900. The quantitative estimate of drug-likeness (QED) is 0.636. The Balaban J connectivity index is 4.30. The summed E-state index contributed by atoms with van der Waals surface area (Å²) in [5, 5.41) is 0. The lowest BCUT2D eigenvalue weighted by atomic mass is 10.1. The zero-order valence-corrected chi connectivity index (χ0v) is 9.43. The van der Waals surface area contributed by atoms with E-state index in [0.717, 1.165) is 0 Å². The molecule has 0 aliphatic carbocycles. The predicted molar refractivity (Wildman–Crippen MR) is 51.6 cm³/mol. The summed E-state index contributed by atoms with van der Waals surface area (Å²) in [7, 11) is 0. The summed E-state index contributed by atoms with van der Waals surface area (Å²) < 4.78 is 10.5. The third-order valence-electron chi connectivity index (χ3n) is 1.33. The summed E-state index contributed by atoms with van der Waals surface area (Å²) in [6.07, 6.45) is 0. The first kappa shape index (κ1) is 12.4. The van der Waals surface area contributed by atoms with Crippen LogP contribution in [0.25, 0.3) is 0 Å². The van der Waals surface area contributed by atoms with Gasteiger partial charge in [0.15, 0.2) is 5.60 Å². The van der Waals surface area contributed by atoms with Crippen molar-refractivity contribution in [3.05, 3.63) is 0 Å². The molecular weight excluding hydrogens is 168 g/mol. The fourth-order valence-electron chi connectivity index (χ4n) is 1.11. The Hall–Kier alpha value is -0.570. The molecule has 0 aliphatic heterocycles. The second-order valence-corrected chi connectivity index (χ2v) is 4.45. The molecule has 0 aromatic rings. The van der Waals surface area contributed by atoms with Crippen LogP contribution in [0, 0.1) is 0 Å². The summed E-state index contributed by atoms with van der Waals surface area (Å²) in [5.41, 5.74) is -1.20. The number of esters is 1. The number of rotatable bonds is 3. The highest BCUT2D eigenvalue weighted by atomic mass is 16.6. The minimum atomic E-state index is -0.867. The van der Waals surface area contributed by atoms with Crippen molar-refractivity contribution in [2.24, 2.45) is 0 Å². The Kier molecular flexibility index (Phi) is 3.91. The van der Waals surface area contributed by atoms with Gasteiger partial charge in [-0.15, -0.1) is 0 Å². The molecule has 0 atom stereocenters. The lowest BCUT2D eigenvalue weighted by Crippen LogP contribution is -2.42. The van der Waals surface area contributed by atoms with Crippen molar-refractivity contribution in [3.63, 3.8) is 0 Å². The van der Waals surface area contributed by atoms with Gasteiger partial charge in [-0.1, -0.05) is 0 Å². The van der Waals surface area contributed by atoms with E-state index >= 15 is 0 Å². The van der Waals surface area contributed by atoms with Crippen LogP contribution in [-0.2, 0) is 14.3 Å². The van der Waals surface area contributed by atoms with E-state index in [1.165, 1.54) is 0 Å². The van der Waals surface area contributed by atoms with Crippen LogP contribution in [0.3, 0.4) is 0 Å². The standard InChI is InChI=1S/C10H20O3/c1-7-12-8(11)10(5,6)13-9(2,3)4/h7H2,1-6H3. The molecule has 3 heteroatoms. The summed E-state index contributed by atoms with van der Waals surface area (Å²) in [4.78, 5) is 11.4. The highest BCUT2D eigenvalue weighted by Gasteiger charge is 2.34.